The Hall–Kier alpha value is -0.245. The van der Waals surface area contributed by atoms with Gasteiger partial charge >= 0.3 is 6.13 Å². The van der Waals surface area contributed by atoms with Gasteiger partial charge in [-0.1, -0.05) is 24.3 Å². The van der Waals surface area contributed by atoms with E-state index in [-0.39, 0.29) is 6.13 Å². The summed E-state index contributed by atoms with van der Waals surface area (Å²) in [5.74, 6) is 0. The van der Waals surface area contributed by atoms with Gasteiger partial charge in [-0.05, 0) is 43.4 Å². The molecule has 14 heavy (non-hydrogen) atoms. The van der Waals surface area contributed by atoms with Gasteiger partial charge in [-0.25, -0.2) is 0 Å². The van der Waals surface area contributed by atoms with Crippen molar-refractivity contribution in [2.45, 2.75) is 0 Å². The number of rotatable bonds is 0. The molecule has 0 unspecified atom stereocenters. The molecule has 0 aliphatic carbocycles. The summed E-state index contributed by atoms with van der Waals surface area (Å²) in [7, 11) is 0. The summed E-state index contributed by atoms with van der Waals surface area (Å²) in [5, 5.41) is 2.17. The van der Waals surface area contributed by atoms with Gasteiger partial charge in [-0.15, -0.1) is 11.3 Å². The monoisotopic (exact) mass is 282 g/mol. The van der Waals surface area contributed by atoms with Crippen LogP contribution < -0.4 is 10.9 Å². The van der Waals surface area contributed by atoms with Crippen LogP contribution in [0.2, 0.25) is 0 Å². The van der Waals surface area contributed by atoms with Gasteiger partial charge in [0.1, 0.15) is 0 Å². The van der Waals surface area contributed by atoms with E-state index in [4.69, 9.17) is 11.5 Å². The highest BCUT2D eigenvalue weighted by atomic mass is 79.9. The van der Waals surface area contributed by atoms with Crippen molar-refractivity contribution in [3.05, 3.63) is 33.4 Å². The molecule has 1 aromatic heterocycles. The zero-order valence-electron chi connectivity index (χ0n) is 7.13. The number of hydrogen-bond acceptors (Lipinski definition) is 1. The maximum atomic E-state index is 6.40. The Bertz CT molecular complexity index is 509. The zero-order chi connectivity index (χ0) is 9.71. The lowest BCUT2D eigenvalue weighted by atomic mass is 9.67. The summed E-state index contributed by atoms with van der Waals surface area (Å²) in [5.41, 5.74) is 5.03. The molecular formula is C10H5BBrClS. The molecule has 4 heteroatoms. The summed E-state index contributed by atoms with van der Waals surface area (Å²) in [6.45, 7) is 0. The second-order valence-corrected chi connectivity index (χ2v) is 5.92. The number of halogens is 2. The van der Waals surface area contributed by atoms with Crippen LogP contribution in [-0.2, 0) is 0 Å². The molecule has 0 saturated heterocycles. The Morgan fingerprint density at radius 2 is 2.00 bits per heavy atom. The van der Waals surface area contributed by atoms with Crippen LogP contribution in [0.3, 0.4) is 0 Å². The molecule has 0 bridgehead atoms. The predicted molar refractivity (Wildman–Crippen MR) is 68.3 cm³/mol. The number of fused-ring (bicyclic) bond motifs is 3. The highest BCUT2D eigenvalue weighted by molar-refractivity contribution is 9.11. The smallest absolute Gasteiger partial charge is 0.182 e. The van der Waals surface area contributed by atoms with Crippen molar-refractivity contribution in [2.24, 2.45) is 0 Å². The van der Waals surface area contributed by atoms with Crippen LogP contribution >= 0.6 is 38.7 Å². The molecule has 3 rings (SSSR count). The fraction of sp³-hybridized carbons (Fsp3) is 0. The van der Waals surface area contributed by atoms with Crippen molar-refractivity contribution in [1.82, 2.24) is 0 Å². The van der Waals surface area contributed by atoms with E-state index in [0.29, 0.717) is 0 Å². The molecule has 68 valence electrons. The average Bonchev–Trinajstić information content (AvgIpc) is 2.70. The standard InChI is InChI=1S/C10H5BBrClS/c12-10-9-7(5-14-10)6-3-1-2-4-8(6)11(9)13/h1-5H. The van der Waals surface area contributed by atoms with Gasteiger partial charge in [-0.2, -0.15) is 11.5 Å². The van der Waals surface area contributed by atoms with Crippen LogP contribution in [0.25, 0.3) is 11.1 Å². The molecule has 0 nitrogen and oxygen atoms in total. The van der Waals surface area contributed by atoms with Crippen molar-refractivity contribution in [3.8, 4) is 11.1 Å². The largest absolute Gasteiger partial charge is 0.318 e. The Morgan fingerprint density at radius 3 is 2.86 bits per heavy atom. The van der Waals surface area contributed by atoms with E-state index in [9.17, 15) is 0 Å². The Balaban J connectivity index is 2.36. The normalized spacial score (nSPS) is 12.9. The molecule has 1 aliphatic rings. The van der Waals surface area contributed by atoms with Gasteiger partial charge in [0.15, 0.2) is 0 Å². The van der Waals surface area contributed by atoms with Crippen molar-refractivity contribution in [1.29, 1.82) is 0 Å². The van der Waals surface area contributed by atoms with E-state index >= 15 is 0 Å². The van der Waals surface area contributed by atoms with E-state index in [0.717, 1.165) is 3.79 Å². The van der Waals surface area contributed by atoms with Gasteiger partial charge in [0.25, 0.3) is 0 Å². The van der Waals surface area contributed by atoms with Crippen LogP contribution in [0.1, 0.15) is 0 Å². The van der Waals surface area contributed by atoms with Gasteiger partial charge in [-0.3, -0.25) is 0 Å². The third-order valence-electron chi connectivity index (χ3n) is 2.56. The highest BCUT2D eigenvalue weighted by Crippen LogP contribution is 2.32. The summed E-state index contributed by atoms with van der Waals surface area (Å²) >= 11 is 11.7. The van der Waals surface area contributed by atoms with Gasteiger partial charge < -0.3 is 0 Å². The molecule has 1 aliphatic heterocycles. The Labute approximate surface area is 100 Å². The highest BCUT2D eigenvalue weighted by Gasteiger charge is 2.33. The minimum Gasteiger partial charge on any atom is -0.182 e. The first-order chi connectivity index (χ1) is 6.79. The van der Waals surface area contributed by atoms with Crippen LogP contribution in [0.5, 0.6) is 0 Å². The third-order valence-corrected chi connectivity index (χ3v) is 4.78. The second-order valence-electron chi connectivity index (χ2n) is 3.29. The topological polar surface area (TPSA) is 0 Å². The first kappa shape index (κ1) is 9.02. The molecule has 0 fully saturated rings. The van der Waals surface area contributed by atoms with Crippen LogP contribution in [0.4, 0.5) is 0 Å². The van der Waals surface area contributed by atoms with Crippen molar-refractivity contribution in [2.75, 3.05) is 0 Å². The van der Waals surface area contributed by atoms with Crippen LogP contribution in [-0.4, -0.2) is 6.13 Å². The lowest BCUT2D eigenvalue weighted by Crippen LogP contribution is -2.31. The third kappa shape index (κ3) is 1.06. The van der Waals surface area contributed by atoms with E-state index in [1.54, 1.807) is 11.3 Å². The maximum Gasteiger partial charge on any atom is 0.318 e. The van der Waals surface area contributed by atoms with Gasteiger partial charge in [0, 0.05) is 0 Å². The Kier molecular flexibility index (Phi) is 2.01. The van der Waals surface area contributed by atoms with Crippen LogP contribution in [0.15, 0.2) is 33.4 Å². The second kappa shape index (κ2) is 3.12. The first-order valence-corrected chi connectivity index (χ1v) is 6.40. The van der Waals surface area contributed by atoms with E-state index in [2.05, 4.69) is 39.5 Å². The lowest BCUT2D eigenvalue weighted by Gasteiger charge is -1.99. The fourth-order valence-electron chi connectivity index (χ4n) is 1.91. The Morgan fingerprint density at radius 1 is 1.21 bits per heavy atom. The van der Waals surface area contributed by atoms with Gasteiger partial charge in [0.2, 0.25) is 0 Å². The zero-order valence-corrected chi connectivity index (χ0v) is 10.3. The molecule has 0 atom stereocenters. The van der Waals surface area contributed by atoms with Crippen molar-refractivity contribution in [3.63, 3.8) is 0 Å². The molecule has 0 saturated carbocycles. The molecule has 2 aromatic rings. The number of benzene rings is 1. The predicted octanol–water partition coefficient (Wildman–Crippen LogP) is 2.84. The van der Waals surface area contributed by atoms with E-state index < -0.39 is 0 Å². The molecule has 0 N–H and O–H groups in total. The molecule has 2 heterocycles. The van der Waals surface area contributed by atoms with Gasteiger partial charge in [0.05, 0.1) is 3.79 Å². The first-order valence-electron chi connectivity index (χ1n) is 4.29. The minimum absolute atomic E-state index is 0.0156. The van der Waals surface area contributed by atoms with Crippen LogP contribution in [0, 0.1) is 0 Å². The van der Waals surface area contributed by atoms with E-state index in [1.807, 2.05) is 6.07 Å². The SMILES string of the molecule is ClB1c2ccccc2-c2csc(Br)c21. The molecule has 0 radical (unpaired) electrons. The minimum atomic E-state index is 0.0156. The van der Waals surface area contributed by atoms with Crippen molar-refractivity contribution >= 4 is 55.8 Å². The number of hydrogen-bond donors (Lipinski definition) is 0. The molecule has 0 amide bonds. The summed E-state index contributed by atoms with van der Waals surface area (Å²) < 4.78 is 1.16. The number of thiophene rings is 1. The molecule has 0 spiro atoms. The lowest BCUT2D eigenvalue weighted by molar-refractivity contribution is 1.76. The molecule has 1 aromatic carbocycles. The maximum absolute atomic E-state index is 6.40. The summed E-state index contributed by atoms with van der Waals surface area (Å²) in [6.07, 6.45) is 0.0156. The van der Waals surface area contributed by atoms with E-state index in [1.165, 1.54) is 22.1 Å². The summed E-state index contributed by atoms with van der Waals surface area (Å²) in [6, 6.07) is 8.33. The molecular weight excluding hydrogens is 278 g/mol. The van der Waals surface area contributed by atoms with Crippen molar-refractivity contribution < 1.29 is 0 Å². The fourth-order valence-corrected chi connectivity index (χ4v) is 4.07. The quantitative estimate of drug-likeness (QED) is 0.652. The average molecular weight is 283 g/mol. The summed E-state index contributed by atoms with van der Waals surface area (Å²) in [4.78, 5) is 0.